The molecule has 2 nitrogen and oxygen atoms in total. The predicted molar refractivity (Wildman–Crippen MR) is 21.2 cm³/mol. The lowest BCUT2D eigenvalue weighted by Crippen LogP contribution is -2.50. The first kappa shape index (κ1) is 8.64. The first-order valence-corrected chi connectivity index (χ1v) is 1.98. The Kier molecular flexibility index (Phi) is 2.02. The largest absolute Gasteiger partial charge is 0.432 e. The van der Waals surface area contributed by atoms with Gasteiger partial charge in [-0.1, -0.05) is 0 Å². The van der Waals surface area contributed by atoms with Crippen molar-refractivity contribution in [3.8, 4) is 0 Å². The van der Waals surface area contributed by atoms with E-state index < -0.39 is 12.2 Å². The number of alkyl halides is 4. The van der Waals surface area contributed by atoms with Crippen LogP contribution < -0.4 is 5.32 Å². The summed E-state index contributed by atoms with van der Waals surface area (Å²) in [6.45, 7) is 0. The highest BCUT2D eigenvalue weighted by Gasteiger charge is 2.54. The summed E-state index contributed by atoms with van der Waals surface area (Å²) in [5.41, 5.74) is 0. The molecule has 0 aliphatic rings. The van der Waals surface area contributed by atoms with Gasteiger partial charge in [-0.25, -0.2) is 0 Å². The fraction of sp³-hybridized carbons (Fsp3) is 1.00. The van der Waals surface area contributed by atoms with Gasteiger partial charge in [-0.05, 0) is 7.05 Å². The smallest absolute Gasteiger partial charge is 0.330 e. The minimum Gasteiger partial charge on any atom is -0.330 e. The van der Waals surface area contributed by atoms with Crippen molar-refractivity contribution in [1.29, 1.82) is 0 Å². The molecule has 56 valence electrons. The van der Waals surface area contributed by atoms with Gasteiger partial charge in [0.2, 0.25) is 0 Å². The van der Waals surface area contributed by atoms with Gasteiger partial charge in [-0.2, -0.15) is 17.6 Å². The molecular formula is C3H5F4NO. The van der Waals surface area contributed by atoms with E-state index >= 15 is 0 Å². The van der Waals surface area contributed by atoms with Gasteiger partial charge in [-0.3, -0.25) is 5.32 Å². The highest BCUT2D eigenvalue weighted by molar-refractivity contribution is 4.68. The zero-order chi connectivity index (χ0) is 7.71. The van der Waals surface area contributed by atoms with E-state index in [0.717, 1.165) is 5.32 Å². The third-order valence-corrected chi connectivity index (χ3v) is 0.692. The summed E-state index contributed by atoms with van der Waals surface area (Å²) in [5.74, 6) is 0. The van der Waals surface area contributed by atoms with Crippen LogP contribution in [0.3, 0.4) is 0 Å². The lowest BCUT2D eigenvalue weighted by molar-refractivity contribution is -0.334. The minimum absolute atomic E-state index is 0.615. The highest BCUT2D eigenvalue weighted by atomic mass is 19.3. The molecule has 9 heavy (non-hydrogen) atoms. The SMILES string of the molecule is CNC(F)(F)C(O)(F)F. The van der Waals surface area contributed by atoms with Crippen molar-refractivity contribution >= 4 is 0 Å². The van der Waals surface area contributed by atoms with Gasteiger partial charge in [0.15, 0.2) is 0 Å². The van der Waals surface area contributed by atoms with Crippen LogP contribution in [-0.4, -0.2) is 24.3 Å². The molecule has 6 heteroatoms. The van der Waals surface area contributed by atoms with Gasteiger partial charge in [0.25, 0.3) is 0 Å². The van der Waals surface area contributed by atoms with Crippen molar-refractivity contribution in [2.75, 3.05) is 7.05 Å². The van der Waals surface area contributed by atoms with Crippen molar-refractivity contribution in [1.82, 2.24) is 5.32 Å². The Morgan fingerprint density at radius 2 is 1.56 bits per heavy atom. The van der Waals surface area contributed by atoms with Gasteiger partial charge in [0.05, 0.1) is 0 Å². The molecule has 0 saturated heterocycles. The molecule has 0 fully saturated rings. The molecular weight excluding hydrogens is 142 g/mol. The lowest BCUT2D eigenvalue weighted by atomic mass is 10.5. The Morgan fingerprint density at radius 3 is 1.56 bits per heavy atom. The van der Waals surface area contributed by atoms with E-state index in [0.29, 0.717) is 7.05 Å². The summed E-state index contributed by atoms with van der Waals surface area (Å²) >= 11 is 0. The Hall–Kier alpha value is -0.360. The summed E-state index contributed by atoms with van der Waals surface area (Å²) in [4.78, 5) is 0. The summed E-state index contributed by atoms with van der Waals surface area (Å²) in [6, 6.07) is -4.55. The van der Waals surface area contributed by atoms with E-state index in [1.165, 1.54) is 0 Å². The van der Waals surface area contributed by atoms with Crippen molar-refractivity contribution in [3.05, 3.63) is 0 Å². The molecule has 0 aromatic carbocycles. The molecule has 0 aliphatic heterocycles. The molecule has 2 N–H and O–H groups in total. The number of hydrogen-bond donors (Lipinski definition) is 2. The standard InChI is InChI=1S/C3H5F4NO/c1-8-2(4,5)3(6,7)9/h8-9H,1H3. The van der Waals surface area contributed by atoms with E-state index in [2.05, 4.69) is 0 Å². The zero-order valence-corrected chi connectivity index (χ0v) is 4.46. The van der Waals surface area contributed by atoms with Crippen LogP contribution in [0.4, 0.5) is 17.6 Å². The third kappa shape index (κ3) is 1.79. The number of nitrogens with one attached hydrogen (secondary N) is 1. The number of hydrogen-bond acceptors (Lipinski definition) is 2. The Balaban J connectivity index is 4.14. The van der Waals surface area contributed by atoms with E-state index in [-0.39, 0.29) is 0 Å². The van der Waals surface area contributed by atoms with Gasteiger partial charge in [0.1, 0.15) is 0 Å². The normalized spacial score (nSPS) is 14.0. The fourth-order valence-corrected chi connectivity index (χ4v) is 0.150. The molecule has 0 amide bonds. The molecule has 0 unspecified atom stereocenters. The average Bonchev–Trinajstić information content (AvgIpc) is 1.64. The summed E-state index contributed by atoms with van der Waals surface area (Å²) in [7, 11) is 0.615. The molecule has 0 saturated carbocycles. The van der Waals surface area contributed by atoms with Crippen LogP contribution in [0.2, 0.25) is 0 Å². The molecule has 0 rings (SSSR count). The van der Waals surface area contributed by atoms with Crippen LogP contribution in [0.15, 0.2) is 0 Å². The molecule has 0 atom stereocenters. The van der Waals surface area contributed by atoms with Crippen molar-refractivity contribution in [3.63, 3.8) is 0 Å². The van der Waals surface area contributed by atoms with Crippen molar-refractivity contribution < 1.29 is 22.7 Å². The van der Waals surface area contributed by atoms with Gasteiger partial charge >= 0.3 is 12.2 Å². The maximum absolute atomic E-state index is 11.5. The third-order valence-electron chi connectivity index (χ3n) is 0.692. The summed E-state index contributed by atoms with van der Waals surface area (Å²) in [6.07, 6.45) is -5.00. The van der Waals surface area contributed by atoms with Crippen molar-refractivity contribution in [2.24, 2.45) is 0 Å². The molecule has 0 heterocycles. The first-order valence-electron chi connectivity index (χ1n) is 1.98. The monoisotopic (exact) mass is 147 g/mol. The Labute approximate surface area is 48.5 Å². The second kappa shape index (κ2) is 2.11. The van der Waals surface area contributed by atoms with E-state index in [1.54, 1.807) is 0 Å². The van der Waals surface area contributed by atoms with Gasteiger partial charge in [0, 0.05) is 0 Å². The lowest BCUT2D eigenvalue weighted by Gasteiger charge is -2.19. The second-order valence-electron chi connectivity index (χ2n) is 1.37. The first-order chi connectivity index (χ1) is 3.81. The van der Waals surface area contributed by atoms with Crippen LogP contribution in [0.5, 0.6) is 0 Å². The van der Waals surface area contributed by atoms with Crippen LogP contribution in [-0.2, 0) is 0 Å². The average molecular weight is 147 g/mol. The van der Waals surface area contributed by atoms with Gasteiger partial charge in [-0.15, -0.1) is 0 Å². The topological polar surface area (TPSA) is 32.3 Å². The minimum atomic E-state index is -5.00. The quantitative estimate of drug-likeness (QED) is 0.437. The number of halogens is 4. The molecule has 0 aromatic rings. The summed E-state index contributed by atoms with van der Waals surface area (Å²) < 4.78 is 45.6. The van der Waals surface area contributed by atoms with Crippen LogP contribution in [0.1, 0.15) is 0 Å². The van der Waals surface area contributed by atoms with Crippen molar-refractivity contribution in [2.45, 2.75) is 12.2 Å². The van der Waals surface area contributed by atoms with Crippen LogP contribution >= 0.6 is 0 Å². The molecule has 0 radical (unpaired) electrons. The van der Waals surface area contributed by atoms with Crippen LogP contribution in [0, 0.1) is 0 Å². The molecule has 0 bridgehead atoms. The Morgan fingerprint density at radius 1 is 1.22 bits per heavy atom. The number of likely N-dealkylation sites (N-methyl/N-ethyl adjacent to an activating group) is 1. The summed E-state index contributed by atoms with van der Waals surface area (Å²) in [5, 5.41) is 8.35. The van der Waals surface area contributed by atoms with Gasteiger partial charge < -0.3 is 5.11 Å². The maximum Gasteiger partial charge on any atom is 0.432 e. The molecule has 0 aliphatic carbocycles. The van der Waals surface area contributed by atoms with Crippen LogP contribution in [0.25, 0.3) is 0 Å². The molecule has 0 spiro atoms. The fourth-order valence-electron chi connectivity index (χ4n) is 0.150. The second-order valence-corrected chi connectivity index (χ2v) is 1.37. The van der Waals surface area contributed by atoms with E-state index in [1.807, 2.05) is 0 Å². The number of rotatable bonds is 2. The maximum atomic E-state index is 11.5. The zero-order valence-electron chi connectivity index (χ0n) is 4.46. The van der Waals surface area contributed by atoms with E-state index in [9.17, 15) is 17.6 Å². The number of aliphatic hydroxyl groups is 1. The highest BCUT2D eigenvalue weighted by Crippen LogP contribution is 2.27. The Bertz CT molecular complexity index is 98.5. The molecule has 0 aromatic heterocycles. The van der Waals surface area contributed by atoms with E-state index in [4.69, 9.17) is 5.11 Å². The predicted octanol–water partition coefficient (Wildman–Crippen LogP) is 0.384.